The minimum Gasteiger partial charge on any atom is -0.338 e. The van der Waals surface area contributed by atoms with E-state index < -0.39 is 0 Å². The molecule has 5 rings (SSSR count). The third kappa shape index (κ3) is 3.08. The van der Waals surface area contributed by atoms with Crippen molar-refractivity contribution < 1.29 is 9.32 Å². The van der Waals surface area contributed by atoms with Crippen LogP contribution in [0.15, 0.2) is 64.3 Å². The maximum Gasteiger partial charge on any atom is 0.233 e. The van der Waals surface area contributed by atoms with Crippen LogP contribution in [0.5, 0.6) is 0 Å². The Labute approximate surface area is 174 Å². The van der Waals surface area contributed by atoms with E-state index in [0.29, 0.717) is 17.3 Å². The molecule has 0 saturated heterocycles. The normalized spacial score (nSPS) is 20.9. The number of nitrogens with zero attached hydrogens (tertiary/aromatic N) is 1. The van der Waals surface area contributed by atoms with Gasteiger partial charge in [-0.05, 0) is 49.4 Å². The van der Waals surface area contributed by atoms with Crippen molar-refractivity contribution in [2.45, 2.75) is 38.5 Å². The van der Waals surface area contributed by atoms with Gasteiger partial charge in [0.2, 0.25) is 5.88 Å². The van der Waals surface area contributed by atoms with E-state index in [-0.39, 0.29) is 17.6 Å². The Morgan fingerprint density at radius 1 is 1.00 bits per heavy atom. The first-order valence-electron chi connectivity index (χ1n) is 9.82. The first-order valence-corrected chi connectivity index (χ1v) is 10.2. The zero-order valence-corrected chi connectivity index (χ0v) is 17.1. The number of fused-ring (bicyclic) bond motifs is 1. The van der Waals surface area contributed by atoms with Crippen LogP contribution in [0, 0.1) is 13.8 Å². The summed E-state index contributed by atoms with van der Waals surface area (Å²) in [6.45, 7) is 4.00. The highest BCUT2D eigenvalue weighted by Crippen LogP contribution is 2.49. The topological polar surface area (TPSA) is 55.1 Å². The predicted molar refractivity (Wildman–Crippen MR) is 113 cm³/mol. The molecule has 2 aliphatic rings. The number of benzene rings is 2. The van der Waals surface area contributed by atoms with Crippen LogP contribution < -0.4 is 5.32 Å². The third-order valence-electron chi connectivity index (χ3n) is 6.01. The fourth-order valence-corrected chi connectivity index (χ4v) is 4.66. The van der Waals surface area contributed by atoms with Crippen LogP contribution in [-0.4, -0.2) is 10.9 Å². The van der Waals surface area contributed by atoms with E-state index in [1.54, 1.807) is 0 Å². The van der Waals surface area contributed by atoms with Gasteiger partial charge in [0.15, 0.2) is 5.78 Å². The van der Waals surface area contributed by atoms with Crippen LogP contribution in [0.3, 0.4) is 0 Å². The number of carbonyl (C=O) groups excluding carboxylic acids is 1. The second-order valence-electron chi connectivity index (χ2n) is 7.95. The van der Waals surface area contributed by atoms with Gasteiger partial charge in [-0.1, -0.05) is 58.7 Å². The highest BCUT2D eigenvalue weighted by Gasteiger charge is 2.41. The van der Waals surface area contributed by atoms with E-state index in [4.69, 9.17) is 16.1 Å². The van der Waals surface area contributed by atoms with E-state index in [2.05, 4.69) is 41.7 Å². The van der Waals surface area contributed by atoms with E-state index >= 15 is 0 Å². The van der Waals surface area contributed by atoms with E-state index in [9.17, 15) is 4.79 Å². The summed E-state index contributed by atoms with van der Waals surface area (Å²) in [5.41, 5.74) is 6.98. The molecular formula is C24H21ClN2O2. The molecule has 146 valence electrons. The molecule has 4 nitrogen and oxygen atoms in total. The lowest BCUT2D eigenvalue weighted by Crippen LogP contribution is -2.29. The van der Waals surface area contributed by atoms with Crippen molar-refractivity contribution >= 4 is 23.3 Å². The summed E-state index contributed by atoms with van der Waals surface area (Å²) in [5.74, 6) is 0.800. The van der Waals surface area contributed by atoms with Gasteiger partial charge < -0.3 is 9.84 Å². The van der Waals surface area contributed by atoms with Gasteiger partial charge in [-0.15, -0.1) is 0 Å². The lowest BCUT2D eigenvalue weighted by molar-refractivity contribution is -0.116. The molecule has 0 spiro atoms. The maximum absolute atomic E-state index is 13.4. The van der Waals surface area contributed by atoms with Gasteiger partial charge in [0.05, 0.1) is 11.3 Å². The number of rotatable bonds is 2. The second-order valence-corrected chi connectivity index (χ2v) is 8.39. The smallest absolute Gasteiger partial charge is 0.233 e. The minimum atomic E-state index is -0.147. The number of allylic oxidation sites excluding steroid dienone is 2. The number of anilines is 1. The summed E-state index contributed by atoms with van der Waals surface area (Å²) in [6.07, 6.45) is 1.24. The summed E-state index contributed by atoms with van der Waals surface area (Å²) in [7, 11) is 0. The van der Waals surface area contributed by atoms with Crippen molar-refractivity contribution in [3.05, 3.63) is 92.8 Å². The second kappa shape index (κ2) is 6.89. The highest BCUT2D eigenvalue weighted by atomic mass is 35.5. The van der Waals surface area contributed by atoms with Gasteiger partial charge in [0.1, 0.15) is 0 Å². The van der Waals surface area contributed by atoms with Crippen molar-refractivity contribution in [1.82, 2.24) is 5.16 Å². The Morgan fingerprint density at radius 3 is 2.41 bits per heavy atom. The molecule has 1 aromatic heterocycles. The van der Waals surface area contributed by atoms with E-state index in [1.807, 2.05) is 31.2 Å². The molecule has 0 bridgehead atoms. The van der Waals surface area contributed by atoms with Gasteiger partial charge in [0.25, 0.3) is 0 Å². The van der Waals surface area contributed by atoms with Crippen LogP contribution in [0.4, 0.5) is 5.88 Å². The Bertz CT molecular complexity index is 1130. The number of hydrogen-bond donors (Lipinski definition) is 1. The molecule has 1 aliphatic carbocycles. The Balaban J connectivity index is 1.61. The van der Waals surface area contributed by atoms with Crippen LogP contribution in [-0.2, 0) is 4.79 Å². The molecule has 2 aromatic carbocycles. The average Bonchev–Trinajstić information content (AvgIpc) is 3.08. The van der Waals surface area contributed by atoms with Crippen molar-refractivity contribution in [3.8, 4) is 0 Å². The van der Waals surface area contributed by atoms with E-state index in [1.165, 1.54) is 5.56 Å². The molecule has 1 aliphatic heterocycles. The predicted octanol–water partition coefficient (Wildman–Crippen LogP) is 5.90. The first kappa shape index (κ1) is 18.2. The van der Waals surface area contributed by atoms with Crippen molar-refractivity contribution in [3.63, 3.8) is 0 Å². The molecule has 3 aromatic rings. The minimum absolute atomic E-state index is 0.121. The quantitative estimate of drug-likeness (QED) is 0.577. The maximum atomic E-state index is 13.4. The average molecular weight is 405 g/mol. The van der Waals surface area contributed by atoms with Crippen LogP contribution in [0.1, 0.15) is 52.6 Å². The molecule has 29 heavy (non-hydrogen) atoms. The molecule has 0 fully saturated rings. The molecule has 1 N–H and O–H groups in total. The summed E-state index contributed by atoms with van der Waals surface area (Å²) >= 11 is 6.04. The molecule has 0 saturated carbocycles. The Morgan fingerprint density at radius 2 is 1.69 bits per heavy atom. The van der Waals surface area contributed by atoms with Gasteiger partial charge >= 0.3 is 0 Å². The standard InChI is InChI=1S/C24H21ClN2O2/c1-13-3-5-16(6-4-13)22-21-14(2)27-29-24(21)26-19-11-17(12-20(28)23(19)22)15-7-9-18(25)10-8-15/h3-10,17,22,26H,11-12H2,1-2H3. The Hall–Kier alpha value is -2.85. The zero-order chi connectivity index (χ0) is 20.1. The fourth-order valence-electron chi connectivity index (χ4n) is 4.54. The molecular weight excluding hydrogens is 384 g/mol. The van der Waals surface area contributed by atoms with Gasteiger partial charge in [-0.25, -0.2) is 0 Å². The van der Waals surface area contributed by atoms with Crippen LogP contribution >= 0.6 is 11.6 Å². The number of aryl methyl sites for hydroxylation is 2. The van der Waals surface area contributed by atoms with Gasteiger partial charge in [-0.2, -0.15) is 0 Å². The number of halogens is 1. The van der Waals surface area contributed by atoms with Crippen LogP contribution in [0.2, 0.25) is 5.02 Å². The number of aromatic nitrogens is 1. The summed E-state index contributed by atoms with van der Waals surface area (Å²) in [5, 5.41) is 8.25. The highest BCUT2D eigenvalue weighted by molar-refractivity contribution is 6.30. The molecule has 2 heterocycles. The SMILES string of the molecule is Cc1ccc(C2C3=C(CC(c4ccc(Cl)cc4)CC3=O)Nc3onc(C)c32)cc1. The number of Topliss-reactive ketones (excluding diaryl/α,β-unsaturated/α-hetero) is 1. The zero-order valence-electron chi connectivity index (χ0n) is 16.3. The number of ketones is 1. The van der Waals surface area contributed by atoms with Crippen molar-refractivity contribution in [1.29, 1.82) is 0 Å². The summed E-state index contributed by atoms with van der Waals surface area (Å²) in [4.78, 5) is 13.4. The third-order valence-corrected chi connectivity index (χ3v) is 6.26. The lowest BCUT2D eigenvalue weighted by Gasteiger charge is -2.34. The largest absolute Gasteiger partial charge is 0.338 e. The Kier molecular flexibility index (Phi) is 4.32. The van der Waals surface area contributed by atoms with Crippen LogP contribution in [0.25, 0.3) is 0 Å². The summed E-state index contributed by atoms with van der Waals surface area (Å²) < 4.78 is 5.58. The fraction of sp³-hybridized carbons (Fsp3) is 0.250. The molecule has 2 atom stereocenters. The molecule has 0 radical (unpaired) electrons. The number of carbonyl (C=O) groups is 1. The molecule has 5 heteroatoms. The lowest BCUT2D eigenvalue weighted by atomic mass is 9.72. The van der Waals surface area contributed by atoms with E-state index in [0.717, 1.165) is 40.1 Å². The number of hydrogen-bond acceptors (Lipinski definition) is 4. The monoisotopic (exact) mass is 404 g/mol. The summed E-state index contributed by atoms with van der Waals surface area (Å²) in [6, 6.07) is 16.2. The van der Waals surface area contributed by atoms with Gasteiger partial charge in [0, 0.05) is 28.6 Å². The van der Waals surface area contributed by atoms with Crippen molar-refractivity contribution in [2.75, 3.05) is 5.32 Å². The molecule has 0 amide bonds. The molecule has 2 unspecified atom stereocenters. The van der Waals surface area contributed by atoms with Gasteiger partial charge in [-0.3, -0.25) is 4.79 Å². The first-order chi connectivity index (χ1) is 14.0. The number of nitrogens with one attached hydrogen (secondary N) is 1. The van der Waals surface area contributed by atoms with Crippen molar-refractivity contribution in [2.24, 2.45) is 0 Å².